The summed E-state index contributed by atoms with van der Waals surface area (Å²) >= 11 is 12.0. The van der Waals surface area contributed by atoms with Crippen LogP contribution in [-0.4, -0.2) is 36.1 Å². The topological polar surface area (TPSA) is 50.8 Å². The van der Waals surface area contributed by atoms with Gasteiger partial charge in [0.25, 0.3) is 0 Å². The normalized spacial score (nSPS) is 19.7. The molecule has 7 heteroatoms. The van der Waals surface area contributed by atoms with E-state index in [1.54, 1.807) is 0 Å². The minimum atomic E-state index is -0.326. The van der Waals surface area contributed by atoms with E-state index in [1.165, 1.54) is 0 Å². The average molecular weight is 409 g/mol. The first-order valence-electron chi connectivity index (χ1n) is 9.37. The zero-order valence-electron chi connectivity index (χ0n) is 15.9. The molecular formula is C20H25ClN2O3S. The Morgan fingerprint density at radius 1 is 1.30 bits per heavy atom. The van der Waals surface area contributed by atoms with Crippen molar-refractivity contribution in [3.8, 4) is 11.5 Å². The maximum absolute atomic E-state index is 12.7. The monoisotopic (exact) mass is 408 g/mol. The number of rotatable bonds is 6. The molecule has 1 aliphatic heterocycles. The minimum Gasteiger partial charge on any atom is -0.490 e. The Bertz CT molecular complexity index is 794. The van der Waals surface area contributed by atoms with Crippen LogP contribution in [0.4, 0.5) is 0 Å². The summed E-state index contributed by atoms with van der Waals surface area (Å²) < 4.78 is 11.6. The molecule has 0 aromatic heterocycles. The molecule has 0 radical (unpaired) electrons. The highest BCUT2D eigenvalue weighted by Crippen LogP contribution is 2.42. The first-order chi connectivity index (χ1) is 13.0. The van der Waals surface area contributed by atoms with Crippen LogP contribution in [0.5, 0.6) is 11.5 Å². The number of carbonyl (C=O) groups excluding carboxylic acids is 1. The van der Waals surface area contributed by atoms with Gasteiger partial charge >= 0.3 is 0 Å². The summed E-state index contributed by atoms with van der Waals surface area (Å²) in [4.78, 5) is 14.6. The van der Waals surface area contributed by atoms with Crippen molar-refractivity contribution in [2.24, 2.45) is 0 Å². The van der Waals surface area contributed by atoms with Crippen LogP contribution in [0.3, 0.4) is 0 Å². The Morgan fingerprint density at radius 2 is 2.07 bits per heavy atom. The van der Waals surface area contributed by atoms with Crippen LogP contribution in [-0.2, 0) is 4.79 Å². The number of Topliss-reactive ketones (excluding diaryl/α,β-unsaturated/α-hetero) is 1. The Morgan fingerprint density at radius 3 is 2.78 bits per heavy atom. The number of halogens is 1. The van der Waals surface area contributed by atoms with Gasteiger partial charge in [0.1, 0.15) is 0 Å². The Kier molecular flexibility index (Phi) is 6.27. The lowest BCUT2D eigenvalue weighted by molar-refractivity contribution is -0.116. The summed E-state index contributed by atoms with van der Waals surface area (Å²) in [6.45, 7) is 5.00. The number of thiocarbonyl (C=S) groups is 1. The zero-order chi connectivity index (χ0) is 19.6. The first-order valence-corrected chi connectivity index (χ1v) is 10.2. The fourth-order valence-corrected chi connectivity index (χ4v) is 4.05. The molecule has 3 rings (SSSR count). The third kappa shape index (κ3) is 3.92. The van der Waals surface area contributed by atoms with E-state index in [4.69, 9.17) is 33.3 Å². The van der Waals surface area contributed by atoms with E-state index in [-0.39, 0.29) is 11.8 Å². The minimum absolute atomic E-state index is 0.156. The molecule has 27 heavy (non-hydrogen) atoms. The van der Waals surface area contributed by atoms with Crippen LogP contribution in [0.25, 0.3) is 0 Å². The van der Waals surface area contributed by atoms with E-state index in [9.17, 15) is 4.79 Å². The number of ether oxygens (including phenoxy) is 2. The standard InChI is InChI=1S/C20H25ClN2O3S/c1-4-9-26-19-13(21)10-12(11-16(19)25-5-2)18-17-14(7-6-8-15(17)24)23(3)20(27)22-18/h10-11,18H,4-9H2,1-3H3,(H,22,27). The largest absolute Gasteiger partial charge is 0.490 e. The van der Waals surface area contributed by atoms with Crippen LogP contribution in [0.2, 0.25) is 5.02 Å². The second-order valence-electron chi connectivity index (χ2n) is 6.69. The fourth-order valence-electron chi connectivity index (χ4n) is 3.55. The Labute approximate surface area is 170 Å². The maximum atomic E-state index is 12.7. The maximum Gasteiger partial charge on any atom is 0.179 e. The van der Waals surface area contributed by atoms with Crippen LogP contribution >= 0.6 is 23.8 Å². The van der Waals surface area contributed by atoms with Crippen molar-refractivity contribution < 1.29 is 14.3 Å². The van der Waals surface area contributed by atoms with Gasteiger partial charge in [-0.3, -0.25) is 4.79 Å². The van der Waals surface area contributed by atoms with Crippen molar-refractivity contribution in [2.75, 3.05) is 20.3 Å². The lowest BCUT2D eigenvalue weighted by atomic mass is 9.85. The lowest BCUT2D eigenvalue weighted by Crippen LogP contribution is -2.47. The molecule has 0 amide bonds. The summed E-state index contributed by atoms with van der Waals surface area (Å²) in [5.41, 5.74) is 2.63. The van der Waals surface area contributed by atoms with Crippen LogP contribution in [0, 0.1) is 0 Å². The van der Waals surface area contributed by atoms with Gasteiger partial charge in [-0.25, -0.2) is 0 Å². The van der Waals surface area contributed by atoms with Crippen molar-refractivity contribution in [3.63, 3.8) is 0 Å². The molecule has 0 saturated carbocycles. The molecule has 0 bridgehead atoms. The van der Waals surface area contributed by atoms with Crippen molar-refractivity contribution >= 4 is 34.7 Å². The molecule has 1 atom stereocenters. The van der Waals surface area contributed by atoms with Crippen molar-refractivity contribution in [3.05, 3.63) is 34.0 Å². The first kappa shape index (κ1) is 20.0. The molecule has 1 aromatic carbocycles. The molecule has 0 fully saturated rings. The van der Waals surface area contributed by atoms with Crippen LogP contribution in [0.1, 0.15) is 51.1 Å². The lowest BCUT2D eigenvalue weighted by Gasteiger charge is -2.39. The number of hydrogen-bond acceptors (Lipinski definition) is 4. The zero-order valence-corrected chi connectivity index (χ0v) is 17.5. The molecule has 1 aromatic rings. The molecule has 0 saturated heterocycles. The van der Waals surface area contributed by atoms with Gasteiger partial charge in [-0.15, -0.1) is 0 Å². The van der Waals surface area contributed by atoms with Crippen molar-refractivity contribution in [1.29, 1.82) is 0 Å². The summed E-state index contributed by atoms with van der Waals surface area (Å²) in [5, 5.41) is 4.37. The van der Waals surface area contributed by atoms with Gasteiger partial charge in [0.15, 0.2) is 22.4 Å². The van der Waals surface area contributed by atoms with E-state index < -0.39 is 0 Å². The smallest absolute Gasteiger partial charge is 0.179 e. The highest BCUT2D eigenvalue weighted by molar-refractivity contribution is 7.80. The molecule has 5 nitrogen and oxygen atoms in total. The second-order valence-corrected chi connectivity index (χ2v) is 7.48. The molecule has 1 heterocycles. The van der Waals surface area contributed by atoms with E-state index in [2.05, 4.69) is 5.32 Å². The highest BCUT2D eigenvalue weighted by Gasteiger charge is 2.36. The molecule has 1 unspecified atom stereocenters. The van der Waals surface area contributed by atoms with Crippen LogP contribution in [0.15, 0.2) is 23.4 Å². The summed E-state index contributed by atoms with van der Waals surface area (Å²) in [7, 11) is 1.90. The number of ketones is 1. The average Bonchev–Trinajstić information content (AvgIpc) is 2.64. The number of nitrogens with zero attached hydrogens (tertiary/aromatic N) is 1. The molecule has 1 N–H and O–H groups in total. The van der Waals surface area contributed by atoms with Crippen molar-refractivity contribution in [2.45, 2.75) is 45.6 Å². The van der Waals surface area contributed by atoms with Gasteiger partial charge in [0.2, 0.25) is 0 Å². The van der Waals surface area contributed by atoms with Gasteiger partial charge in [0, 0.05) is 24.7 Å². The summed E-state index contributed by atoms with van der Waals surface area (Å²) in [6.07, 6.45) is 3.13. The van der Waals surface area contributed by atoms with Gasteiger partial charge in [-0.05, 0) is 56.1 Å². The third-order valence-electron chi connectivity index (χ3n) is 4.81. The predicted molar refractivity (Wildman–Crippen MR) is 111 cm³/mol. The molecule has 146 valence electrons. The SMILES string of the molecule is CCCOc1c(Cl)cc(C2NC(=S)N(C)C3=C2C(=O)CCC3)cc1OCC. The van der Waals surface area contributed by atoms with E-state index in [0.717, 1.165) is 36.1 Å². The van der Waals surface area contributed by atoms with Crippen LogP contribution < -0.4 is 14.8 Å². The van der Waals surface area contributed by atoms with Gasteiger partial charge in [-0.2, -0.15) is 0 Å². The highest BCUT2D eigenvalue weighted by atomic mass is 35.5. The molecule has 0 spiro atoms. The van der Waals surface area contributed by atoms with Crippen molar-refractivity contribution in [1.82, 2.24) is 10.2 Å². The predicted octanol–water partition coefficient (Wildman–Crippen LogP) is 4.40. The number of allylic oxidation sites excluding steroid dienone is 1. The Balaban J connectivity index is 2.07. The summed E-state index contributed by atoms with van der Waals surface area (Å²) in [6, 6.07) is 3.42. The van der Waals surface area contributed by atoms with Gasteiger partial charge in [-0.1, -0.05) is 18.5 Å². The molecule has 2 aliphatic rings. The molecular weight excluding hydrogens is 384 g/mol. The number of benzene rings is 1. The number of hydrogen-bond donors (Lipinski definition) is 1. The quantitative estimate of drug-likeness (QED) is 0.704. The second kappa shape index (κ2) is 8.48. The van der Waals surface area contributed by atoms with Gasteiger partial charge in [0.05, 0.1) is 24.3 Å². The van der Waals surface area contributed by atoms with E-state index >= 15 is 0 Å². The number of nitrogens with one attached hydrogen (secondary N) is 1. The van der Waals surface area contributed by atoms with E-state index in [1.807, 2.05) is 37.9 Å². The Hall–Kier alpha value is -1.79. The van der Waals surface area contributed by atoms with E-state index in [0.29, 0.717) is 41.3 Å². The third-order valence-corrected chi connectivity index (χ3v) is 5.48. The summed E-state index contributed by atoms with van der Waals surface area (Å²) in [5.74, 6) is 1.29. The number of carbonyl (C=O) groups is 1. The fraction of sp³-hybridized carbons (Fsp3) is 0.500. The molecule has 1 aliphatic carbocycles. The van der Waals surface area contributed by atoms with Gasteiger partial charge < -0.3 is 19.7 Å².